The molecule has 1 aliphatic rings. The van der Waals surface area contributed by atoms with Crippen LogP contribution < -0.4 is 0 Å². The largest absolute Gasteiger partial charge is 0.480 e. The fourth-order valence-corrected chi connectivity index (χ4v) is 2.50. The standard InChI is InChI=1S/C15H19FN2O3/c1-10-7-12(16)4-3-11(10)8-14(19)18-6-5-17(2)13(9-18)15(20)21/h3-4,7,13H,5-6,8-9H2,1-2H3,(H,20,21)/t13-/m0/s1. The van der Waals surface area contributed by atoms with E-state index in [0.717, 1.165) is 11.1 Å². The lowest BCUT2D eigenvalue weighted by Gasteiger charge is -2.37. The molecule has 1 heterocycles. The summed E-state index contributed by atoms with van der Waals surface area (Å²) in [4.78, 5) is 26.8. The van der Waals surface area contributed by atoms with Crippen LogP contribution in [0, 0.1) is 12.7 Å². The Morgan fingerprint density at radius 3 is 2.71 bits per heavy atom. The summed E-state index contributed by atoms with van der Waals surface area (Å²) < 4.78 is 13.1. The van der Waals surface area contributed by atoms with Crippen molar-refractivity contribution in [2.24, 2.45) is 0 Å². The van der Waals surface area contributed by atoms with Gasteiger partial charge in [-0.05, 0) is 37.2 Å². The predicted molar refractivity (Wildman–Crippen MR) is 75.5 cm³/mol. The maximum atomic E-state index is 13.1. The van der Waals surface area contributed by atoms with E-state index in [0.29, 0.717) is 13.1 Å². The number of amides is 1. The van der Waals surface area contributed by atoms with Crippen LogP contribution >= 0.6 is 0 Å². The summed E-state index contributed by atoms with van der Waals surface area (Å²) in [6.45, 7) is 2.99. The number of aryl methyl sites for hydroxylation is 1. The Morgan fingerprint density at radius 2 is 2.10 bits per heavy atom. The Labute approximate surface area is 123 Å². The minimum absolute atomic E-state index is 0.121. The monoisotopic (exact) mass is 294 g/mol. The third-order valence-corrected chi connectivity index (χ3v) is 3.93. The number of benzene rings is 1. The second kappa shape index (κ2) is 6.22. The fraction of sp³-hybridized carbons (Fsp3) is 0.467. The number of aliphatic carboxylic acids is 1. The molecular weight excluding hydrogens is 275 g/mol. The average molecular weight is 294 g/mol. The van der Waals surface area contributed by atoms with Crippen molar-refractivity contribution in [1.29, 1.82) is 0 Å². The molecule has 1 aliphatic heterocycles. The van der Waals surface area contributed by atoms with Gasteiger partial charge in [-0.25, -0.2) is 4.39 Å². The van der Waals surface area contributed by atoms with Crippen LogP contribution in [0.25, 0.3) is 0 Å². The number of rotatable bonds is 3. The lowest BCUT2D eigenvalue weighted by atomic mass is 10.0. The van der Waals surface area contributed by atoms with Crippen LogP contribution in [-0.2, 0) is 16.0 Å². The number of likely N-dealkylation sites (N-methyl/N-ethyl adjacent to an activating group) is 1. The molecule has 0 bridgehead atoms. The first-order chi connectivity index (χ1) is 9.88. The molecule has 1 aromatic rings. The van der Waals surface area contributed by atoms with E-state index in [1.54, 1.807) is 29.8 Å². The average Bonchev–Trinajstić information content (AvgIpc) is 2.42. The molecule has 1 fully saturated rings. The van der Waals surface area contributed by atoms with Crippen molar-refractivity contribution < 1.29 is 19.1 Å². The highest BCUT2D eigenvalue weighted by Gasteiger charge is 2.31. The zero-order valence-corrected chi connectivity index (χ0v) is 12.2. The van der Waals surface area contributed by atoms with E-state index < -0.39 is 12.0 Å². The fourth-order valence-electron chi connectivity index (χ4n) is 2.50. The van der Waals surface area contributed by atoms with Crippen LogP contribution in [-0.4, -0.2) is 59.5 Å². The van der Waals surface area contributed by atoms with Crippen molar-refractivity contribution in [2.75, 3.05) is 26.7 Å². The topological polar surface area (TPSA) is 60.9 Å². The zero-order valence-electron chi connectivity index (χ0n) is 12.2. The van der Waals surface area contributed by atoms with Crippen LogP contribution in [0.1, 0.15) is 11.1 Å². The minimum Gasteiger partial charge on any atom is -0.480 e. The van der Waals surface area contributed by atoms with Crippen molar-refractivity contribution in [3.8, 4) is 0 Å². The van der Waals surface area contributed by atoms with Crippen molar-refractivity contribution in [1.82, 2.24) is 9.80 Å². The summed E-state index contributed by atoms with van der Waals surface area (Å²) in [7, 11) is 1.74. The Morgan fingerprint density at radius 1 is 1.38 bits per heavy atom. The van der Waals surface area contributed by atoms with Gasteiger partial charge in [0.25, 0.3) is 0 Å². The number of carbonyl (C=O) groups excluding carboxylic acids is 1. The first-order valence-corrected chi connectivity index (χ1v) is 6.84. The Kier molecular flexibility index (Phi) is 4.57. The van der Waals surface area contributed by atoms with Gasteiger partial charge in [-0.15, -0.1) is 0 Å². The summed E-state index contributed by atoms with van der Waals surface area (Å²) in [5.41, 5.74) is 1.50. The van der Waals surface area contributed by atoms with Crippen LogP contribution in [0.5, 0.6) is 0 Å². The molecule has 2 rings (SSSR count). The quantitative estimate of drug-likeness (QED) is 0.900. The lowest BCUT2D eigenvalue weighted by Crippen LogP contribution is -2.56. The molecule has 0 unspecified atom stereocenters. The number of carboxylic acids is 1. The van der Waals surface area contributed by atoms with Gasteiger partial charge in [0.2, 0.25) is 5.91 Å². The van der Waals surface area contributed by atoms with Crippen molar-refractivity contribution in [3.05, 3.63) is 35.1 Å². The zero-order chi connectivity index (χ0) is 15.6. The summed E-state index contributed by atoms with van der Waals surface area (Å²) in [6, 6.07) is 3.66. The van der Waals surface area contributed by atoms with E-state index in [1.165, 1.54) is 12.1 Å². The van der Waals surface area contributed by atoms with Crippen LogP contribution in [0.3, 0.4) is 0 Å². The Balaban J connectivity index is 2.05. The van der Waals surface area contributed by atoms with E-state index >= 15 is 0 Å². The summed E-state index contributed by atoms with van der Waals surface area (Å²) >= 11 is 0. The summed E-state index contributed by atoms with van der Waals surface area (Å²) in [5, 5.41) is 9.15. The number of hydrogen-bond acceptors (Lipinski definition) is 3. The number of piperazine rings is 1. The van der Waals surface area contributed by atoms with E-state index in [1.807, 2.05) is 0 Å². The highest BCUT2D eigenvalue weighted by molar-refractivity contribution is 5.81. The van der Waals surface area contributed by atoms with E-state index in [9.17, 15) is 14.0 Å². The molecule has 1 aromatic carbocycles. The molecule has 1 atom stereocenters. The number of carbonyl (C=O) groups is 2. The molecule has 1 amide bonds. The van der Waals surface area contributed by atoms with E-state index in [-0.39, 0.29) is 24.7 Å². The van der Waals surface area contributed by atoms with Crippen molar-refractivity contribution in [3.63, 3.8) is 0 Å². The normalized spacial score (nSPS) is 19.6. The van der Waals surface area contributed by atoms with Gasteiger partial charge >= 0.3 is 5.97 Å². The third kappa shape index (κ3) is 3.58. The molecule has 114 valence electrons. The van der Waals surface area contributed by atoms with Gasteiger partial charge in [-0.2, -0.15) is 0 Å². The van der Waals surface area contributed by atoms with Crippen molar-refractivity contribution >= 4 is 11.9 Å². The molecule has 0 radical (unpaired) electrons. The maximum absolute atomic E-state index is 13.1. The van der Waals surface area contributed by atoms with Crippen LogP contribution in [0.15, 0.2) is 18.2 Å². The second-order valence-electron chi connectivity index (χ2n) is 5.42. The molecule has 1 saturated heterocycles. The highest BCUT2D eigenvalue weighted by atomic mass is 19.1. The molecular formula is C15H19FN2O3. The summed E-state index contributed by atoms with van der Waals surface area (Å²) in [6.07, 6.45) is 0.169. The van der Waals surface area contributed by atoms with Crippen molar-refractivity contribution in [2.45, 2.75) is 19.4 Å². The first-order valence-electron chi connectivity index (χ1n) is 6.84. The van der Waals surface area contributed by atoms with Crippen LogP contribution in [0.2, 0.25) is 0 Å². The van der Waals surface area contributed by atoms with E-state index in [2.05, 4.69) is 0 Å². The Hall–Kier alpha value is -1.95. The maximum Gasteiger partial charge on any atom is 0.322 e. The number of hydrogen-bond donors (Lipinski definition) is 1. The molecule has 0 aromatic heterocycles. The second-order valence-corrected chi connectivity index (χ2v) is 5.42. The van der Waals surface area contributed by atoms with Gasteiger partial charge in [-0.1, -0.05) is 6.07 Å². The molecule has 1 N–H and O–H groups in total. The van der Waals surface area contributed by atoms with Gasteiger partial charge in [0.05, 0.1) is 6.42 Å². The van der Waals surface area contributed by atoms with Crippen LogP contribution in [0.4, 0.5) is 4.39 Å². The number of carboxylic acid groups (broad SMARTS) is 1. The number of nitrogens with zero attached hydrogens (tertiary/aromatic N) is 2. The number of halogens is 1. The molecule has 21 heavy (non-hydrogen) atoms. The Bertz CT molecular complexity index is 562. The molecule has 0 aliphatic carbocycles. The van der Waals surface area contributed by atoms with Gasteiger partial charge < -0.3 is 10.0 Å². The molecule has 6 heteroatoms. The molecule has 0 spiro atoms. The van der Waals surface area contributed by atoms with Gasteiger partial charge in [0, 0.05) is 19.6 Å². The first kappa shape index (κ1) is 15.4. The van der Waals surface area contributed by atoms with Gasteiger partial charge in [0.15, 0.2) is 0 Å². The summed E-state index contributed by atoms with van der Waals surface area (Å²) in [5.74, 6) is -1.37. The molecule has 5 nitrogen and oxygen atoms in total. The lowest BCUT2D eigenvalue weighted by molar-refractivity contribution is -0.147. The molecule has 0 saturated carbocycles. The van der Waals surface area contributed by atoms with Gasteiger partial charge in [0.1, 0.15) is 11.9 Å². The smallest absolute Gasteiger partial charge is 0.322 e. The predicted octanol–water partition coefficient (Wildman–Crippen LogP) is 0.904. The van der Waals surface area contributed by atoms with E-state index in [4.69, 9.17) is 5.11 Å². The SMILES string of the molecule is Cc1cc(F)ccc1CC(=O)N1CCN(C)[C@H](C(=O)O)C1. The minimum atomic E-state index is -0.923. The third-order valence-electron chi connectivity index (χ3n) is 3.93. The van der Waals surface area contributed by atoms with Gasteiger partial charge in [-0.3, -0.25) is 14.5 Å². The highest BCUT2D eigenvalue weighted by Crippen LogP contribution is 2.14.